The summed E-state index contributed by atoms with van der Waals surface area (Å²) in [5.41, 5.74) is 2.98. The molecule has 9 heteroatoms. The van der Waals surface area contributed by atoms with Gasteiger partial charge >= 0.3 is 0 Å². The predicted molar refractivity (Wildman–Crippen MR) is 156 cm³/mol. The smallest absolute Gasteiger partial charge is 0.254 e. The number of aliphatic hydroxyl groups is 1. The minimum atomic E-state index is -1.49. The molecule has 0 spiro atoms. The van der Waals surface area contributed by atoms with Crippen molar-refractivity contribution in [3.05, 3.63) is 71.3 Å². The van der Waals surface area contributed by atoms with Crippen LogP contribution >= 0.6 is 11.8 Å². The Labute approximate surface area is 236 Å². The SMILES string of the molecule is Cc1ccccc1CNC(=O)CN(CSC(C)C)C(=O)[C@@H](O)[C@H](Cc1ccccc1)NC(=O)C1CCNCC1. The van der Waals surface area contributed by atoms with E-state index in [2.05, 4.69) is 16.0 Å². The molecule has 0 radical (unpaired) electrons. The van der Waals surface area contributed by atoms with E-state index in [0.29, 0.717) is 25.8 Å². The van der Waals surface area contributed by atoms with Gasteiger partial charge in [-0.2, -0.15) is 0 Å². The molecule has 39 heavy (non-hydrogen) atoms. The maximum atomic E-state index is 13.6. The summed E-state index contributed by atoms with van der Waals surface area (Å²) in [5.74, 6) is -0.928. The van der Waals surface area contributed by atoms with Gasteiger partial charge in [-0.05, 0) is 56.0 Å². The molecular formula is C30H42N4O4S. The Kier molecular flexibility index (Phi) is 12.3. The lowest BCUT2D eigenvalue weighted by molar-refractivity contribution is -0.144. The lowest BCUT2D eigenvalue weighted by atomic mass is 9.95. The number of aliphatic hydroxyl groups excluding tert-OH is 1. The average molecular weight is 555 g/mol. The van der Waals surface area contributed by atoms with Crippen LogP contribution in [0.2, 0.25) is 0 Å². The van der Waals surface area contributed by atoms with E-state index in [0.717, 1.165) is 29.8 Å². The van der Waals surface area contributed by atoms with Crippen LogP contribution < -0.4 is 16.0 Å². The summed E-state index contributed by atoms with van der Waals surface area (Å²) in [4.78, 5) is 41.0. The standard InChI is InChI=1S/C30H42N4O4S/c1-21(2)39-20-34(19-27(35)32-18-25-12-8-7-9-22(25)3)30(38)28(36)26(17-23-10-5-4-6-11-23)33-29(37)24-13-15-31-16-14-24/h4-12,21,24,26,28,31,36H,13-20H2,1-3H3,(H,32,35)(H,33,37)/t26-,28-/m0/s1. The fourth-order valence-electron chi connectivity index (χ4n) is 4.51. The normalized spacial score (nSPS) is 15.4. The zero-order chi connectivity index (χ0) is 28.2. The molecule has 0 saturated carbocycles. The lowest BCUT2D eigenvalue weighted by Crippen LogP contribution is -2.55. The molecule has 3 rings (SSSR count). The molecule has 3 amide bonds. The molecule has 1 aliphatic heterocycles. The highest BCUT2D eigenvalue weighted by molar-refractivity contribution is 7.99. The van der Waals surface area contributed by atoms with Crippen molar-refractivity contribution in [2.45, 2.75) is 64.0 Å². The largest absolute Gasteiger partial charge is 0.381 e. The first-order valence-corrected chi connectivity index (χ1v) is 14.7. The summed E-state index contributed by atoms with van der Waals surface area (Å²) in [7, 11) is 0. The van der Waals surface area contributed by atoms with E-state index < -0.39 is 18.1 Å². The maximum absolute atomic E-state index is 13.6. The van der Waals surface area contributed by atoms with Crippen molar-refractivity contribution in [2.75, 3.05) is 25.5 Å². The van der Waals surface area contributed by atoms with Crippen molar-refractivity contribution in [2.24, 2.45) is 5.92 Å². The number of amides is 3. The number of nitrogens with one attached hydrogen (secondary N) is 3. The Morgan fingerprint density at radius 2 is 1.72 bits per heavy atom. The molecule has 1 saturated heterocycles. The van der Waals surface area contributed by atoms with Crippen molar-refractivity contribution in [3.63, 3.8) is 0 Å². The molecule has 0 aliphatic carbocycles. The second-order valence-corrected chi connectivity index (χ2v) is 11.9. The van der Waals surface area contributed by atoms with E-state index in [1.165, 1.54) is 16.7 Å². The van der Waals surface area contributed by atoms with E-state index in [9.17, 15) is 19.5 Å². The third kappa shape index (κ3) is 9.98. The van der Waals surface area contributed by atoms with Gasteiger partial charge in [-0.15, -0.1) is 11.8 Å². The number of aryl methyl sites for hydroxylation is 1. The van der Waals surface area contributed by atoms with Crippen LogP contribution in [0, 0.1) is 12.8 Å². The summed E-state index contributed by atoms with van der Waals surface area (Å²) in [5, 5.41) is 20.7. The monoisotopic (exact) mass is 554 g/mol. The first-order valence-electron chi connectivity index (χ1n) is 13.7. The van der Waals surface area contributed by atoms with E-state index >= 15 is 0 Å². The van der Waals surface area contributed by atoms with Crippen LogP contribution in [0.5, 0.6) is 0 Å². The number of piperidine rings is 1. The van der Waals surface area contributed by atoms with Gasteiger partial charge in [0.15, 0.2) is 6.10 Å². The van der Waals surface area contributed by atoms with Crippen LogP contribution in [-0.2, 0) is 27.3 Å². The van der Waals surface area contributed by atoms with Crippen LogP contribution in [0.15, 0.2) is 54.6 Å². The van der Waals surface area contributed by atoms with Crippen molar-refractivity contribution < 1.29 is 19.5 Å². The number of carbonyl (C=O) groups excluding carboxylic acids is 3. The number of hydrogen-bond donors (Lipinski definition) is 4. The maximum Gasteiger partial charge on any atom is 0.254 e. The molecule has 212 valence electrons. The minimum Gasteiger partial charge on any atom is -0.381 e. The molecular weight excluding hydrogens is 512 g/mol. The highest BCUT2D eigenvalue weighted by Gasteiger charge is 2.34. The lowest BCUT2D eigenvalue weighted by Gasteiger charge is -2.31. The number of benzene rings is 2. The molecule has 0 bridgehead atoms. The number of carbonyl (C=O) groups is 3. The molecule has 2 atom stereocenters. The van der Waals surface area contributed by atoms with Crippen molar-refractivity contribution in [1.29, 1.82) is 0 Å². The van der Waals surface area contributed by atoms with E-state index in [4.69, 9.17) is 0 Å². The third-order valence-electron chi connectivity index (χ3n) is 6.92. The molecule has 4 N–H and O–H groups in total. The molecule has 2 aromatic rings. The van der Waals surface area contributed by atoms with Gasteiger partial charge in [-0.25, -0.2) is 0 Å². The fraction of sp³-hybridized carbons (Fsp3) is 0.500. The van der Waals surface area contributed by atoms with Gasteiger partial charge in [0.2, 0.25) is 11.8 Å². The Morgan fingerprint density at radius 3 is 2.38 bits per heavy atom. The topological polar surface area (TPSA) is 111 Å². The van der Waals surface area contributed by atoms with Gasteiger partial charge in [-0.1, -0.05) is 68.4 Å². The highest BCUT2D eigenvalue weighted by Crippen LogP contribution is 2.17. The number of thioether (sulfide) groups is 1. The molecule has 8 nitrogen and oxygen atoms in total. The molecule has 1 fully saturated rings. The molecule has 2 aromatic carbocycles. The van der Waals surface area contributed by atoms with Gasteiger partial charge in [0.25, 0.3) is 5.91 Å². The highest BCUT2D eigenvalue weighted by atomic mass is 32.2. The quantitative estimate of drug-likeness (QED) is 0.284. The second kappa shape index (κ2) is 15.6. The summed E-state index contributed by atoms with van der Waals surface area (Å²) >= 11 is 1.52. The zero-order valence-corrected chi connectivity index (χ0v) is 24.0. The van der Waals surface area contributed by atoms with Gasteiger partial charge in [-0.3, -0.25) is 14.4 Å². The summed E-state index contributed by atoms with van der Waals surface area (Å²) < 4.78 is 0. The van der Waals surface area contributed by atoms with Crippen LogP contribution in [-0.4, -0.2) is 70.6 Å². The van der Waals surface area contributed by atoms with E-state index in [-0.39, 0.29) is 35.4 Å². The Balaban J connectivity index is 1.72. The van der Waals surface area contributed by atoms with Crippen molar-refractivity contribution in [1.82, 2.24) is 20.9 Å². The van der Waals surface area contributed by atoms with E-state index in [1.54, 1.807) is 0 Å². The summed E-state index contributed by atoms with van der Waals surface area (Å²) in [6.45, 7) is 7.72. The van der Waals surface area contributed by atoms with Gasteiger partial charge in [0, 0.05) is 17.7 Å². The van der Waals surface area contributed by atoms with Crippen molar-refractivity contribution in [3.8, 4) is 0 Å². The fourth-order valence-corrected chi connectivity index (χ4v) is 5.21. The predicted octanol–water partition coefficient (Wildman–Crippen LogP) is 2.63. The zero-order valence-electron chi connectivity index (χ0n) is 23.2. The van der Waals surface area contributed by atoms with Crippen LogP contribution in [0.25, 0.3) is 0 Å². The third-order valence-corrected chi connectivity index (χ3v) is 8.04. The molecule has 1 aliphatic rings. The van der Waals surface area contributed by atoms with Gasteiger partial charge < -0.3 is 26.0 Å². The Hall–Kier alpha value is -2.88. The first kappa shape index (κ1) is 30.7. The van der Waals surface area contributed by atoms with E-state index in [1.807, 2.05) is 75.4 Å². The second-order valence-electron chi connectivity index (χ2n) is 10.4. The Bertz CT molecular complexity index is 1080. The Morgan fingerprint density at radius 1 is 1.05 bits per heavy atom. The number of hydrogen-bond acceptors (Lipinski definition) is 6. The minimum absolute atomic E-state index is 0.150. The molecule has 0 unspecified atom stereocenters. The van der Waals surface area contributed by atoms with Crippen molar-refractivity contribution >= 4 is 29.5 Å². The van der Waals surface area contributed by atoms with Crippen LogP contribution in [0.1, 0.15) is 43.4 Å². The first-order chi connectivity index (χ1) is 18.7. The summed E-state index contributed by atoms with van der Waals surface area (Å²) in [6, 6.07) is 16.5. The van der Waals surface area contributed by atoms with Gasteiger partial charge in [0.05, 0.1) is 11.9 Å². The van der Waals surface area contributed by atoms with Crippen LogP contribution in [0.4, 0.5) is 0 Å². The number of rotatable bonds is 13. The molecule has 1 heterocycles. The van der Waals surface area contributed by atoms with Gasteiger partial charge in [0.1, 0.15) is 6.54 Å². The number of nitrogens with zero attached hydrogens (tertiary/aromatic N) is 1. The van der Waals surface area contributed by atoms with Crippen LogP contribution in [0.3, 0.4) is 0 Å². The molecule has 0 aromatic heterocycles. The summed E-state index contributed by atoms with van der Waals surface area (Å²) in [6.07, 6.45) is 0.237. The average Bonchev–Trinajstić information content (AvgIpc) is 2.94.